The van der Waals surface area contributed by atoms with E-state index in [4.69, 9.17) is 9.26 Å². The third-order valence-electron chi connectivity index (χ3n) is 4.74. The van der Waals surface area contributed by atoms with Crippen LogP contribution in [0.15, 0.2) is 47.2 Å². The van der Waals surface area contributed by atoms with Crippen LogP contribution in [0.3, 0.4) is 0 Å². The first-order valence-electron chi connectivity index (χ1n) is 9.49. The van der Waals surface area contributed by atoms with Crippen molar-refractivity contribution < 1.29 is 22.8 Å². The Labute approximate surface area is 175 Å². The number of fused-ring (bicyclic) bond motifs is 1. The van der Waals surface area contributed by atoms with Crippen molar-refractivity contribution in [2.75, 3.05) is 12.4 Å². The van der Waals surface area contributed by atoms with E-state index in [2.05, 4.69) is 20.4 Å². The molecule has 0 unspecified atom stereocenters. The van der Waals surface area contributed by atoms with Gasteiger partial charge in [0.15, 0.2) is 0 Å². The van der Waals surface area contributed by atoms with Gasteiger partial charge in [0.05, 0.1) is 13.3 Å². The number of anilines is 1. The number of imidazole rings is 1. The van der Waals surface area contributed by atoms with Crippen LogP contribution in [0.25, 0.3) is 17.0 Å². The standard InChI is InChI=1S/C21H19F2N5O3/c1-12-3-4-13(20-26-19(31-27-20)6-5-17(22)23)9-15(12)25-21(29)16-11-24-18-10-14(30-2)7-8-28(16)18/h3-4,7-11,17H,5-6H2,1-2H3,(H,25,29). The molecule has 1 amide bonds. The zero-order chi connectivity index (χ0) is 22.0. The van der Waals surface area contributed by atoms with Gasteiger partial charge in [-0.3, -0.25) is 9.20 Å². The molecule has 8 nitrogen and oxygen atoms in total. The molecule has 1 aromatic carbocycles. The number of alkyl halides is 2. The Balaban J connectivity index is 1.56. The van der Waals surface area contributed by atoms with Crippen molar-refractivity contribution in [2.24, 2.45) is 0 Å². The minimum absolute atomic E-state index is 0.000800. The van der Waals surface area contributed by atoms with Gasteiger partial charge < -0.3 is 14.6 Å². The first-order valence-corrected chi connectivity index (χ1v) is 9.49. The van der Waals surface area contributed by atoms with Gasteiger partial charge in [-0.05, 0) is 24.6 Å². The molecule has 3 aromatic heterocycles. The maximum absolute atomic E-state index is 12.9. The number of carbonyl (C=O) groups is 1. The SMILES string of the molecule is COc1ccn2c(C(=O)Nc3cc(-c4noc(CCC(F)F)n4)ccc3C)cnc2c1. The number of pyridine rings is 1. The second-order valence-electron chi connectivity index (χ2n) is 6.86. The summed E-state index contributed by atoms with van der Waals surface area (Å²) >= 11 is 0. The van der Waals surface area contributed by atoms with Crippen molar-refractivity contribution in [3.8, 4) is 17.1 Å². The van der Waals surface area contributed by atoms with E-state index in [1.54, 1.807) is 48.0 Å². The highest BCUT2D eigenvalue weighted by Gasteiger charge is 2.16. The molecule has 10 heteroatoms. The summed E-state index contributed by atoms with van der Waals surface area (Å²) in [4.78, 5) is 21.3. The number of nitrogens with one attached hydrogen (secondary N) is 1. The molecule has 0 fully saturated rings. The van der Waals surface area contributed by atoms with Crippen LogP contribution in [0.2, 0.25) is 0 Å². The maximum atomic E-state index is 12.9. The quantitative estimate of drug-likeness (QED) is 0.476. The smallest absolute Gasteiger partial charge is 0.274 e. The summed E-state index contributed by atoms with van der Waals surface area (Å²) in [5.74, 6) is 0.703. The average Bonchev–Trinajstić information content (AvgIpc) is 3.40. The van der Waals surface area contributed by atoms with Crippen molar-refractivity contribution in [1.29, 1.82) is 0 Å². The maximum Gasteiger partial charge on any atom is 0.274 e. The zero-order valence-electron chi connectivity index (χ0n) is 16.8. The van der Waals surface area contributed by atoms with Gasteiger partial charge in [-0.25, -0.2) is 13.8 Å². The fraction of sp³-hybridized carbons (Fsp3) is 0.238. The van der Waals surface area contributed by atoms with Crippen molar-refractivity contribution >= 4 is 17.2 Å². The third-order valence-corrected chi connectivity index (χ3v) is 4.74. The van der Waals surface area contributed by atoms with Crippen molar-refractivity contribution in [3.05, 3.63) is 59.9 Å². The molecule has 0 aliphatic heterocycles. The molecule has 160 valence electrons. The predicted molar refractivity (Wildman–Crippen MR) is 108 cm³/mol. The predicted octanol–water partition coefficient (Wildman–Crippen LogP) is 4.15. The van der Waals surface area contributed by atoms with E-state index in [1.165, 1.54) is 6.20 Å². The topological polar surface area (TPSA) is 94.6 Å². The van der Waals surface area contributed by atoms with Gasteiger partial charge in [-0.2, -0.15) is 4.98 Å². The summed E-state index contributed by atoms with van der Waals surface area (Å²) in [6.45, 7) is 1.85. The minimum Gasteiger partial charge on any atom is -0.497 e. The molecule has 4 aromatic rings. The lowest BCUT2D eigenvalue weighted by molar-refractivity contribution is 0.102. The van der Waals surface area contributed by atoms with Crippen LogP contribution in [0.1, 0.15) is 28.4 Å². The number of hydrogen-bond acceptors (Lipinski definition) is 6. The summed E-state index contributed by atoms with van der Waals surface area (Å²) in [6, 6.07) is 8.75. The van der Waals surface area contributed by atoms with E-state index in [-0.39, 0.29) is 30.5 Å². The van der Waals surface area contributed by atoms with E-state index >= 15 is 0 Å². The molecular formula is C21H19F2N5O3. The number of rotatable bonds is 7. The number of nitrogens with zero attached hydrogens (tertiary/aromatic N) is 4. The molecule has 4 rings (SSSR count). The molecule has 0 atom stereocenters. The molecule has 1 N–H and O–H groups in total. The molecule has 0 saturated carbocycles. The van der Waals surface area contributed by atoms with Crippen LogP contribution in [-0.4, -0.2) is 39.0 Å². The van der Waals surface area contributed by atoms with Crippen molar-refractivity contribution in [2.45, 2.75) is 26.2 Å². The normalized spacial score (nSPS) is 11.3. The van der Waals surface area contributed by atoms with Gasteiger partial charge in [-0.1, -0.05) is 17.3 Å². The van der Waals surface area contributed by atoms with Gasteiger partial charge >= 0.3 is 0 Å². The van der Waals surface area contributed by atoms with E-state index in [0.29, 0.717) is 28.3 Å². The van der Waals surface area contributed by atoms with Gasteiger partial charge in [0.2, 0.25) is 18.1 Å². The van der Waals surface area contributed by atoms with Crippen LogP contribution in [-0.2, 0) is 6.42 Å². The first-order chi connectivity index (χ1) is 14.9. The Morgan fingerprint density at radius 3 is 2.90 bits per heavy atom. The Kier molecular flexibility index (Phi) is 5.61. The highest BCUT2D eigenvalue weighted by atomic mass is 19.3. The third kappa shape index (κ3) is 4.37. The van der Waals surface area contributed by atoms with Gasteiger partial charge in [0.25, 0.3) is 5.91 Å². The fourth-order valence-corrected chi connectivity index (χ4v) is 3.05. The molecule has 0 radical (unpaired) electrons. The van der Waals surface area contributed by atoms with Gasteiger partial charge in [0, 0.05) is 36.4 Å². The zero-order valence-corrected chi connectivity index (χ0v) is 16.8. The second-order valence-corrected chi connectivity index (χ2v) is 6.86. The van der Waals surface area contributed by atoms with E-state index < -0.39 is 6.43 Å². The number of ether oxygens (including phenoxy) is 1. The fourth-order valence-electron chi connectivity index (χ4n) is 3.05. The van der Waals surface area contributed by atoms with E-state index in [9.17, 15) is 13.6 Å². The van der Waals surface area contributed by atoms with Gasteiger partial charge in [0.1, 0.15) is 17.1 Å². The monoisotopic (exact) mass is 427 g/mol. The number of aromatic nitrogens is 4. The number of halogens is 2. The summed E-state index contributed by atoms with van der Waals surface area (Å²) in [7, 11) is 1.56. The summed E-state index contributed by atoms with van der Waals surface area (Å²) in [5, 5.41) is 6.73. The molecule has 0 aliphatic carbocycles. The molecule has 0 bridgehead atoms. The lowest BCUT2D eigenvalue weighted by Crippen LogP contribution is -2.15. The highest BCUT2D eigenvalue weighted by molar-refractivity contribution is 6.04. The van der Waals surface area contributed by atoms with Crippen molar-refractivity contribution in [1.82, 2.24) is 19.5 Å². The van der Waals surface area contributed by atoms with Gasteiger partial charge in [-0.15, -0.1) is 0 Å². The Bertz CT molecular complexity index is 1230. The summed E-state index contributed by atoms with van der Waals surface area (Å²) in [6.07, 6.45) is 0.413. The number of aryl methyl sites for hydroxylation is 2. The molecule has 0 aliphatic rings. The highest BCUT2D eigenvalue weighted by Crippen LogP contribution is 2.25. The number of carbonyl (C=O) groups excluding carboxylic acids is 1. The van der Waals surface area contributed by atoms with E-state index in [0.717, 1.165) is 5.56 Å². The first kappa shape index (κ1) is 20.5. The Hall–Kier alpha value is -3.82. The van der Waals surface area contributed by atoms with Crippen LogP contribution in [0.5, 0.6) is 5.75 Å². The van der Waals surface area contributed by atoms with Crippen LogP contribution >= 0.6 is 0 Å². The van der Waals surface area contributed by atoms with Crippen molar-refractivity contribution in [3.63, 3.8) is 0 Å². The average molecular weight is 427 g/mol. The minimum atomic E-state index is -2.43. The van der Waals surface area contributed by atoms with Crippen LogP contribution in [0, 0.1) is 6.92 Å². The molecule has 3 heterocycles. The summed E-state index contributed by atoms with van der Waals surface area (Å²) in [5.41, 5.74) is 2.92. The lowest BCUT2D eigenvalue weighted by atomic mass is 10.1. The number of benzene rings is 1. The molecular weight excluding hydrogens is 408 g/mol. The van der Waals surface area contributed by atoms with E-state index in [1.807, 2.05) is 6.92 Å². The number of amides is 1. The Morgan fingerprint density at radius 1 is 1.29 bits per heavy atom. The molecule has 0 saturated heterocycles. The Morgan fingerprint density at radius 2 is 2.13 bits per heavy atom. The second kappa shape index (κ2) is 8.50. The largest absolute Gasteiger partial charge is 0.497 e. The number of hydrogen-bond donors (Lipinski definition) is 1. The number of methoxy groups -OCH3 is 1. The molecule has 31 heavy (non-hydrogen) atoms. The van der Waals surface area contributed by atoms with Crippen LogP contribution < -0.4 is 10.1 Å². The molecule has 0 spiro atoms. The van der Waals surface area contributed by atoms with Crippen LogP contribution in [0.4, 0.5) is 14.5 Å². The summed E-state index contributed by atoms with van der Waals surface area (Å²) < 4.78 is 36.6. The lowest BCUT2D eigenvalue weighted by Gasteiger charge is -2.09.